The first-order chi connectivity index (χ1) is 12.0. The van der Waals surface area contributed by atoms with Crippen LogP contribution in [0.1, 0.15) is 41.6 Å². The van der Waals surface area contributed by atoms with Crippen molar-refractivity contribution in [2.75, 3.05) is 0 Å². The van der Waals surface area contributed by atoms with E-state index in [1.165, 1.54) is 12.1 Å². The fraction of sp³-hybridized carbons (Fsp3) is 0.278. The number of benzene rings is 1. The molecule has 25 heavy (non-hydrogen) atoms. The maximum Gasteiger partial charge on any atom is 0.269 e. The van der Waals surface area contributed by atoms with Crippen molar-refractivity contribution in [2.24, 2.45) is 0 Å². The Bertz CT molecular complexity index is 881. The minimum Gasteiger partial charge on any atom is -0.344 e. The minimum atomic E-state index is -0.311. The number of halogens is 1. The lowest BCUT2D eigenvalue weighted by molar-refractivity contribution is 0.0934. The average molecular weight is 341 g/mol. The van der Waals surface area contributed by atoms with Crippen LogP contribution in [0.4, 0.5) is 4.39 Å². The summed E-state index contributed by atoms with van der Waals surface area (Å²) in [5.74, 6) is -0.564. The third-order valence-electron chi connectivity index (χ3n) is 4.08. The number of amides is 1. The van der Waals surface area contributed by atoms with E-state index in [9.17, 15) is 9.18 Å². The van der Waals surface area contributed by atoms with Crippen molar-refractivity contribution in [3.05, 3.63) is 59.3 Å². The Morgan fingerprint density at radius 1 is 1.36 bits per heavy atom. The van der Waals surface area contributed by atoms with Crippen LogP contribution in [0.5, 0.6) is 0 Å². The molecule has 0 saturated carbocycles. The number of carbonyl (C=O) groups excluding carboxylic acids is 1. The van der Waals surface area contributed by atoms with E-state index < -0.39 is 0 Å². The van der Waals surface area contributed by atoms with E-state index in [0.29, 0.717) is 11.4 Å². The number of carbonyl (C=O) groups is 1. The van der Waals surface area contributed by atoms with Crippen LogP contribution in [0.15, 0.2) is 36.5 Å². The van der Waals surface area contributed by atoms with Crippen molar-refractivity contribution >= 4 is 5.91 Å². The topological polar surface area (TPSA) is 75.6 Å². The number of hydrogen-bond acceptors (Lipinski definition) is 3. The van der Waals surface area contributed by atoms with Crippen molar-refractivity contribution in [3.8, 4) is 11.3 Å². The quantitative estimate of drug-likeness (QED) is 0.748. The molecule has 2 heterocycles. The molecule has 130 valence electrons. The number of aromatic nitrogens is 4. The first-order valence-corrected chi connectivity index (χ1v) is 8.14. The van der Waals surface area contributed by atoms with Gasteiger partial charge in [-0.25, -0.2) is 4.39 Å². The third-order valence-corrected chi connectivity index (χ3v) is 4.08. The highest BCUT2D eigenvalue weighted by Crippen LogP contribution is 2.20. The minimum absolute atomic E-state index is 0.176. The van der Waals surface area contributed by atoms with E-state index >= 15 is 0 Å². The monoisotopic (exact) mass is 341 g/mol. The maximum atomic E-state index is 13.0. The number of hydrogen-bond donors (Lipinski definition) is 2. The lowest BCUT2D eigenvalue weighted by Gasteiger charge is -2.12. The van der Waals surface area contributed by atoms with Crippen LogP contribution in [0.2, 0.25) is 0 Å². The van der Waals surface area contributed by atoms with Crippen LogP contribution >= 0.6 is 0 Å². The Kier molecular flexibility index (Phi) is 4.65. The zero-order valence-corrected chi connectivity index (χ0v) is 14.4. The number of rotatable bonds is 5. The summed E-state index contributed by atoms with van der Waals surface area (Å²) < 4.78 is 14.8. The molecule has 7 heteroatoms. The molecule has 0 aliphatic rings. The molecule has 3 rings (SSSR count). The summed E-state index contributed by atoms with van der Waals surface area (Å²) in [6.45, 7) is 6.64. The zero-order chi connectivity index (χ0) is 18.0. The van der Waals surface area contributed by atoms with E-state index in [2.05, 4.69) is 20.6 Å². The van der Waals surface area contributed by atoms with Crippen molar-refractivity contribution < 1.29 is 9.18 Å². The SMILES string of the molecule is CCn1cc(C(C)NC(=O)c2cc(-c3ccc(F)cc3)n[nH]2)c(C)n1. The van der Waals surface area contributed by atoms with Crippen LogP contribution in [0, 0.1) is 12.7 Å². The molecule has 0 radical (unpaired) electrons. The van der Waals surface area contributed by atoms with Crippen LogP contribution in [-0.4, -0.2) is 25.9 Å². The summed E-state index contributed by atoms with van der Waals surface area (Å²) in [6, 6.07) is 7.44. The number of nitrogens with zero attached hydrogens (tertiary/aromatic N) is 3. The van der Waals surface area contributed by atoms with Gasteiger partial charge in [-0.1, -0.05) is 0 Å². The van der Waals surface area contributed by atoms with Gasteiger partial charge in [-0.05, 0) is 51.1 Å². The van der Waals surface area contributed by atoms with Crippen LogP contribution < -0.4 is 5.32 Å². The lowest BCUT2D eigenvalue weighted by atomic mass is 10.1. The molecule has 1 atom stereocenters. The fourth-order valence-corrected chi connectivity index (χ4v) is 2.68. The van der Waals surface area contributed by atoms with Crippen LogP contribution in [0.25, 0.3) is 11.3 Å². The molecule has 2 aromatic heterocycles. The number of H-pyrrole nitrogens is 1. The Balaban J connectivity index is 1.73. The Morgan fingerprint density at radius 3 is 2.72 bits per heavy atom. The van der Waals surface area contributed by atoms with Gasteiger partial charge in [-0.3, -0.25) is 14.6 Å². The fourth-order valence-electron chi connectivity index (χ4n) is 2.68. The Morgan fingerprint density at radius 2 is 2.08 bits per heavy atom. The summed E-state index contributed by atoms with van der Waals surface area (Å²) in [6.07, 6.45) is 1.94. The summed E-state index contributed by atoms with van der Waals surface area (Å²) >= 11 is 0. The number of aromatic amines is 1. The van der Waals surface area contributed by atoms with Gasteiger partial charge >= 0.3 is 0 Å². The largest absolute Gasteiger partial charge is 0.344 e. The van der Waals surface area contributed by atoms with E-state index in [1.807, 2.05) is 31.6 Å². The molecular formula is C18H20FN5O. The molecule has 0 saturated heterocycles. The van der Waals surface area contributed by atoms with E-state index in [1.54, 1.807) is 18.2 Å². The Hall–Kier alpha value is -2.96. The van der Waals surface area contributed by atoms with E-state index in [4.69, 9.17) is 0 Å². The highest BCUT2D eigenvalue weighted by atomic mass is 19.1. The van der Waals surface area contributed by atoms with Gasteiger partial charge in [-0.15, -0.1) is 0 Å². The average Bonchev–Trinajstić information content (AvgIpc) is 3.22. The number of aryl methyl sites for hydroxylation is 2. The summed E-state index contributed by atoms with van der Waals surface area (Å²) in [4.78, 5) is 12.4. The van der Waals surface area contributed by atoms with Gasteiger partial charge in [-0.2, -0.15) is 10.2 Å². The molecule has 0 bridgehead atoms. The highest BCUT2D eigenvalue weighted by Gasteiger charge is 2.17. The second-order valence-electron chi connectivity index (χ2n) is 5.89. The van der Waals surface area contributed by atoms with Gasteiger partial charge in [0.15, 0.2) is 0 Å². The summed E-state index contributed by atoms with van der Waals surface area (Å²) in [7, 11) is 0. The van der Waals surface area contributed by atoms with Gasteiger partial charge in [0.2, 0.25) is 0 Å². The molecule has 1 aromatic carbocycles. The second kappa shape index (κ2) is 6.88. The van der Waals surface area contributed by atoms with Gasteiger partial charge in [0.05, 0.1) is 17.4 Å². The normalized spacial score (nSPS) is 12.2. The Labute approximate surface area is 145 Å². The van der Waals surface area contributed by atoms with Crippen molar-refractivity contribution in [3.63, 3.8) is 0 Å². The van der Waals surface area contributed by atoms with Gasteiger partial charge < -0.3 is 5.32 Å². The van der Waals surface area contributed by atoms with Crippen molar-refractivity contribution in [1.82, 2.24) is 25.3 Å². The predicted molar refractivity (Wildman–Crippen MR) is 92.5 cm³/mol. The standard InChI is InChI=1S/C18H20FN5O/c1-4-24-10-15(12(3)23-24)11(2)20-18(25)17-9-16(21-22-17)13-5-7-14(19)8-6-13/h5-11H,4H2,1-3H3,(H,20,25)(H,21,22). The summed E-state index contributed by atoms with van der Waals surface area (Å²) in [5, 5.41) is 14.2. The maximum absolute atomic E-state index is 13.0. The zero-order valence-electron chi connectivity index (χ0n) is 14.4. The number of nitrogens with one attached hydrogen (secondary N) is 2. The lowest BCUT2D eigenvalue weighted by Crippen LogP contribution is -2.27. The van der Waals surface area contributed by atoms with Crippen molar-refractivity contribution in [2.45, 2.75) is 33.4 Å². The van der Waals surface area contributed by atoms with E-state index in [0.717, 1.165) is 23.4 Å². The molecule has 0 aliphatic heterocycles. The van der Waals surface area contributed by atoms with Crippen LogP contribution in [0.3, 0.4) is 0 Å². The molecule has 2 N–H and O–H groups in total. The summed E-state index contributed by atoms with van der Waals surface area (Å²) in [5.41, 5.74) is 3.56. The smallest absolute Gasteiger partial charge is 0.269 e. The van der Waals surface area contributed by atoms with Gasteiger partial charge in [0.25, 0.3) is 5.91 Å². The molecule has 0 aliphatic carbocycles. The van der Waals surface area contributed by atoms with Gasteiger partial charge in [0, 0.05) is 23.9 Å². The van der Waals surface area contributed by atoms with Crippen LogP contribution in [-0.2, 0) is 6.54 Å². The molecular weight excluding hydrogens is 321 g/mol. The highest BCUT2D eigenvalue weighted by molar-refractivity contribution is 5.93. The second-order valence-corrected chi connectivity index (χ2v) is 5.89. The molecule has 0 spiro atoms. The molecule has 1 amide bonds. The first kappa shape index (κ1) is 16.9. The third kappa shape index (κ3) is 3.60. The molecule has 6 nitrogen and oxygen atoms in total. The first-order valence-electron chi connectivity index (χ1n) is 8.14. The molecule has 3 aromatic rings. The molecule has 1 unspecified atom stereocenters. The van der Waals surface area contributed by atoms with E-state index in [-0.39, 0.29) is 17.8 Å². The predicted octanol–water partition coefficient (Wildman–Crippen LogP) is 3.23. The van der Waals surface area contributed by atoms with Gasteiger partial charge in [0.1, 0.15) is 11.5 Å². The van der Waals surface area contributed by atoms with Crippen molar-refractivity contribution in [1.29, 1.82) is 0 Å². The molecule has 0 fully saturated rings.